The van der Waals surface area contributed by atoms with Gasteiger partial charge in [-0.15, -0.1) is 10.2 Å². The summed E-state index contributed by atoms with van der Waals surface area (Å²) in [5, 5.41) is 12.1. The van der Waals surface area contributed by atoms with Gasteiger partial charge in [0.2, 0.25) is 0 Å². The van der Waals surface area contributed by atoms with Crippen LogP contribution in [0.4, 0.5) is 0 Å². The Morgan fingerprint density at radius 3 is 2.56 bits per heavy atom. The second-order valence-corrected chi connectivity index (χ2v) is 4.80. The van der Waals surface area contributed by atoms with E-state index in [1.54, 1.807) is 0 Å². The van der Waals surface area contributed by atoms with Gasteiger partial charge in [0.1, 0.15) is 11.6 Å². The molecule has 1 aliphatic rings. The molecule has 0 unspecified atom stereocenters. The molecule has 4 heteroatoms. The molecule has 1 N–H and O–H groups in total. The molecule has 0 radical (unpaired) electrons. The SMILES string of the molecule is Cc1nnc(C2CCNCC2)n1-c1ccccc1. The molecule has 1 aliphatic heterocycles. The molecule has 2 aromatic rings. The van der Waals surface area contributed by atoms with Crippen LogP contribution in [0.2, 0.25) is 0 Å². The first-order chi connectivity index (χ1) is 8.86. The van der Waals surface area contributed by atoms with Crippen LogP contribution in [-0.4, -0.2) is 27.9 Å². The van der Waals surface area contributed by atoms with Crippen LogP contribution in [0.15, 0.2) is 30.3 Å². The number of nitrogens with one attached hydrogen (secondary N) is 1. The average molecular weight is 242 g/mol. The van der Waals surface area contributed by atoms with E-state index in [1.807, 2.05) is 13.0 Å². The van der Waals surface area contributed by atoms with Gasteiger partial charge in [0.05, 0.1) is 0 Å². The number of rotatable bonds is 2. The first-order valence-electron chi connectivity index (χ1n) is 6.54. The van der Waals surface area contributed by atoms with E-state index in [1.165, 1.54) is 0 Å². The normalized spacial score (nSPS) is 16.9. The molecule has 0 amide bonds. The van der Waals surface area contributed by atoms with Gasteiger partial charge in [-0.25, -0.2) is 0 Å². The van der Waals surface area contributed by atoms with Gasteiger partial charge >= 0.3 is 0 Å². The van der Waals surface area contributed by atoms with Crippen molar-refractivity contribution < 1.29 is 0 Å². The number of hydrogen-bond donors (Lipinski definition) is 1. The van der Waals surface area contributed by atoms with Crippen molar-refractivity contribution in [3.63, 3.8) is 0 Å². The maximum absolute atomic E-state index is 4.40. The minimum absolute atomic E-state index is 0.521. The molecule has 1 aromatic heterocycles. The lowest BCUT2D eigenvalue weighted by Gasteiger charge is -2.22. The first kappa shape index (κ1) is 11.4. The van der Waals surface area contributed by atoms with Crippen LogP contribution in [0, 0.1) is 6.92 Å². The van der Waals surface area contributed by atoms with Crippen molar-refractivity contribution in [2.75, 3.05) is 13.1 Å². The van der Waals surface area contributed by atoms with E-state index >= 15 is 0 Å². The van der Waals surface area contributed by atoms with E-state index in [2.05, 4.69) is 44.3 Å². The molecule has 0 bridgehead atoms. The quantitative estimate of drug-likeness (QED) is 0.876. The Morgan fingerprint density at radius 1 is 1.11 bits per heavy atom. The van der Waals surface area contributed by atoms with Crippen LogP contribution in [0.5, 0.6) is 0 Å². The van der Waals surface area contributed by atoms with Crippen molar-refractivity contribution in [2.45, 2.75) is 25.7 Å². The Morgan fingerprint density at radius 2 is 1.83 bits per heavy atom. The lowest BCUT2D eigenvalue weighted by Crippen LogP contribution is -2.28. The van der Waals surface area contributed by atoms with Crippen LogP contribution in [0.3, 0.4) is 0 Å². The van der Waals surface area contributed by atoms with Crippen molar-refractivity contribution in [2.24, 2.45) is 0 Å². The van der Waals surface area contributed by atoms with E-state index < -0.39 is 0 Å². The summed E-state index contributed by atoms with van der Waals surface area (Å²) >= 11 is 0. The van der Waals surface area contributed by atoms with E-state index in [9.17, 15) is 0 Å². The summed E-state index contributed by atoms with van der Waals surface area (Å²) in [5.41, 5.74) is 1.16. The summed E-state index contributed by atoms with van der Waals surface area (Å²) in [6.07, 6.45) is 2.29. The zero-order valence-electron chi connectivity index (χ0n) is 10.6. The topological polar surface area (TPSA) is 42.7 Å². The maximum atomic E-state index is 4.40. The largest absolute Gasteiger partial charge is 0.317 e. The fraction of sp³-hybridized carbons (Fsp3) is 0.429. The van der Waals surface area contributed by atoms with Gasteiger partial charge in [0.25, 0.3) is 0 Å². The molecule has 18 heavy (non-hydrogen) atoms. The third-order valence-electron chi connectivity index (χ3n) is 3.57. The molecule has 4 nitrogen and oxygen atoms in total. The molecule has 94 valence electrons. The van der Waals surface area contributed by atoms with Gasteiger partial charge in [-0.2, -0.15) is 0 Å². The zero-order chi connectivity index (χ0) is 12.4. The van der Waals surface area contributed by atoms with Crippen LogP contribution < -0.4 is 5.32 Å². The Bertz CT molecular complexity index is 512. The minimum atomic E-state index is 0.521. The van der Waals surface area contributed by atoms with Crippen LogP contribution in [-0.2, 0) is 0 Å². The predicted octanol–water partition coefficient (Wildman–Crippen LogP) is 2.04. The number of nitrogens with zero attached hydrogens (tertiary/aromatic N) is 3. The van der Waals surface area contributed by atoms with E-state index in [0.29, 0.717) is 5.92 Å². The molecular weight excluding hydrogens is 224 g/mol. The van der Waals surface area contributed by atoms with Crippen molar-refractivity contribution in [3.05, 3.63) is 42.0 Å². The standard InChI is InChI=1S/C14H18N4/c1-11-16-17-14(12-7-9-15-10-8-12)18(11)13-5-3-2-4-6-13/h2-6,12,15H,7-10H2,1H3. The van der Waals surface area contributed by atoms with Crippen molar-refractivity contribution >= 4 is 0 Å². The third kappa shape index (κ3) is 2.04. The molecule has 0 spiro atoms. The smallest absolute Gasteiger partial charge is 0.140 e. The summed E-state index contributed by atoms with van der Waals surface area (Å²) in [5.74, 6) is 2.60. The molecular formula is C14H18N4. The number of hydrogen-bond acceptors (Lipinski definition) is 3. The highest BCUT2D eigenvalue weighted by molar-refractivity contribution is 5.34. The predicted molar refractivity (Wildman–Crippen MR) is 70.9 cm³/mol. The summed E-state index contributed by atoms with van der Waals surface area (Å²) in [6, 6.07) is 10.4. The average Bonchev–Trinajstić information content (AvgIpc) is 2.83. The highest BCUT2D eigenvalue weighted by Crippen LogP contribution is 2.26. The van der Waals surface area contributed by atoms with E-state index in [4.69, 9.17) is 0 Å². The minimum Gasteiger partial charge on any atom is -0.317 e. The number of piperidine rings is 1. The van der Waals surface area contributed by atoms with Gasteiger partial charge in [0.15, 0.2) is 0 Å². The molecule has 2 heterocycles. The molecule has 1 fully saturated rings. The summed E-state index contributed by atoms with van der Waals surface area (Å²) in [7, 11) is 0. The highest BCUT2D eigenvalue weighted by atomic mass is 15.3. The van der Waals surface area contributed by atoms with Crippen LogP contribution >= 0.6 is 0 Å². The lowest BCUT2D eigenvalue weighted by molar-refractivity contribution is 0.440. The second kappa shape index (κ2) is 4.90. The van der Waals surface area contributed by atoms with Crippen molar-refractivity contribution in [3.8, 4) is 5.69 Å². The third-order valence-corrected chi connectivity index (χ3v) is 3.57. The highest BCUT2D eigenvalue weighted by Gasteiger charge is 2.22. The molecule has 3 rings (SSSR count). The van der Waals surface area contributed by atoms with Gasteiger partial charge in [-0.3, -0.25) is 4.57 Å². The van der Waals surface area contributed by atoms with E-state index in [0.717, 1.165) is 43.3 Å². The monoisotopic (exact) mass is 242 g/mol. The maximum Gasteiger partial charge on any atom is 0.140 e. The number of para-hydroxylation sites is 1. The Hall–Kier alpha value is -1.68. The molecule has 0 aliphatic carbocycles. The Labute approximate surface area is 107 Å². The van der Waals surface area contributed by atoms with Gasteiger partial charge in [-0.05, 0) is 45.0 Å². The lowest BCUT2D eigenvalue weighted by atomic mass is 9.97. The van der Waals surface area contributed by atoms with Gasteiger partial charge in [-0.1, -0.05) is 18.2 Å². The van der Waals surface area contributed by atoms with Crippen LogP contribution in [0.1, 0.15) is 30.4 Å². The fourth-order valence-corrected chi connectivity index (χ4v) is 2.62. The summed E-state index contributed by atoms with van der Waals surface area (Å²) in [4.78, 5) is 0. The molecule has 0 atom stereocenters. The zero-order valence-corrected chi connectivity index (χ0v) is 10.6. The Balaban J connectivity index is 2.01. The molecule has 1 aromatic carbocycles. The number of aromatic nitrogens is 3. The molecule has 0 saturated carbocycles. The number of aryl methyl sites for hydroxylation is 1. The Kier molecular flexibility index (Phi) is 3.11. The van der Waals surface area contributed by atoms with Gasteiger partial charge < -0.3 is 5.32 Å². The first-order valence-corrected chi connectivity index (χ1v) is 6.54. The van der Waals surface area contributed by atoms with Crippen molar-refractivity contribution in [1.82, 2.24) is 20.1 Å². The fourth-order valence-electron chi connectivity index (χ4n) is 2.62. The van der Waals surface area contributed by atoms with Crippen LogP contribution in [0.25, 0.3) is 5.69 Å². The molecule has 1 saturated heterocycles. The van der Waals surface area contributed by atoms with Gasteiger partial charge in [0, 0.05) is 11.6 Å². The second-order valence-electron chi connectivity index (χ2n) is 4.80. The van der Waals surface area contributed by atoms with Crippen molar-refractivity contribution in [1.29, 1.82) is 0 Å². The summed E-state index contributed by atoms with van der Waals surface area (Å²) in [6.45, 7) is 4.17. The number of benzene rings is 1. The van der Waals surface area contributed by atoms with E-state index in [-0.39, 0.29) is 0 Å². The summed E-state index contributed by atoms with van der Waals surface area (Å²) < 4.78 is 2.19.